The van der Waals surface area contributed by atoms with Gasteiger partial charge in [-0.05, 0) is 42.6 Å². The van der Waals surface area contributed by atoms with E-state index in [2.05, 4.69) is 20.7 Å². The largest absolute Gasteiger partial charge is 0.451 e. The predicted octanol–water partition coefficient (Wildman–Crippen LogP) is 2.17. The van der Waals surface area contributed by atoms with Crippen molar-refractivity contribution in [1.29, 1.82) is 0 Å². The number of aromatic nitrogens is 4. The first-order valence-electron chi connectivity index (χ1n) is 8.36. The number of carbonyl (C=O) groups excluding carboxylic acids is 3. The van der Waals surface area contributed by atoms with Crippen molar-refractivity contribution in [3.8, 4) is 10.7 Å². The first-order chi connectivity index (χ1) is 13.4. The molecule has 28 heavy (non-hydrogen) atoms. The van der Waals surface area contributed by atoms with E-state index in [1.54, 1.807) is 24.3 Å². The molecule has 0 aliphatic rings. The maximum Gasteiger partial charge on any atom is 0.330 e. The lowest BCUT2D eigenvalue weighted by molar-refractivity contribution is -0.154. The number of carbonyl (C=O) groups is 3. The second-order valence-electron chi connectivity index (χ2n) is 5.84. The summed E-state index contributed by atoms with van der Waals surface area (Å²) in [6.07, 6.45) is -1.06. The van der Waals surface area contributed by atoms with E-state index < -0.39 is 18.0 Å². The minimum Gasteiger partial charge on any atom is -0.451 e. The number of ketones is 1. The molecule has 3 rings (SSSR count). The quantitative estimate of drug-likeness (QED) is 0.478. The lowest BCUT2D eigenvalue weighted by atomic mass is 10.1. The van der Waals surface area contributed by atoms with E-state index in [0.717, 1.165) is 9.67 Å². The van der Waals surface area contributed by atoms with Crippen molar-refractivity contribution in [2.45, 2.75) is 26.5 Å². The van der Waals surface area contributed by atoms with Crippen LogP contribution in [0.15, 0.2) is 41.8 Å². The predicted molar refractivity (Wildman–Crippen MR) is 102 cm³/mol. The fourth-order valence-corrected chi connectivity index (χ4v) is 3.00. The van der Waals surface area contributed by atoms with Crippen LogP contribution in [0.4, 0.5) is 5.69 Å². The van der Waals surface area contributed by atoms with Crippen LogP contribution in [0, 0.1) is 0 Å². The number of amides is 1. The second kappa shape index (κ2) is 8.53. The van der Waals surface area contributed by atoms with E-state index in [0.29, 0.717) is 17.1 Å². The highest BCUT2D eigenvalue weighted by Gasteiger charge is 2.20. The molecule has 0 spiro atoms. The zero-order valence-corrected chi connectivity index (χ0v) is 16.0. The minimum atomic E-state index is -1.06. The van der Waals surface area contributed by atoms with Crippen molar-refractivity contribution in [1.82, 2.24) is 20.2 Å². The molecular formula is C18H17N5O4S. The molecule has 0 radical (unpaired) electrons. The zero-order valence-electron chi connectivity index (χ0n) is 15.2. The van der Waals surface area contributed by atoms with Crippen LogP contribution >= 0.6 is 11.3 Å². The number of nitrogens with zero attached hydrogens (tertiary/aromatic N) is 4. The Bertz CT molecular complexity index is 999. The van der Waals surface area contributed by atoms with Crippen LogP contribution in [0.5, 0.6) is 0 Å². The van der Waals surface area contributed by atoms with Gasteiger partial charge in [0.05, 0.1) is 10.6 Å². The molecule has 3 aromatic rings. The number of Topliss-reactive ketones (excluding diaryl/α,β-unsaturated/α-hetero) is 1. The monoisotopic (exact) mass is 399 g/mol. The normalized spacial score (nSPS) is 11.6. The number of para-hydroxylation sites is 1. The van der Waals surface area contributed by atoms with Crippen LogP contribution in [0.3, 0.4) is 0 Å². The number of tetrazole rings is 1. The molecule has 144 valence electrons. The third-order valence-electron chi connectivity index (χ3n) is 3.71. The molecule has 1 atom stereocenters. The van der Waals surface area contributed by atoms with E-state index in [-0.39, 0.29) is 12.3 Å². The number of esters is 1. The highest BCUT2D eigenvalue weighted by molar-refractivity contribution is 7.13. The molecular weight excluding hydrogens is 382 g/mol. The van der Waals surface area contributed by atoms with Gasteiger partial charge in [0.25, 0.3) is 5.91 Å². The van der Waals surface area contributed by atoms with Gasteiger partial charge in [0, 0.05) is 5.56 Å². The first kappa shape index (κ1) is 19.4. The van der Waals surface area contributed by atoms with Crippen LogP contribution in [0.2, 0.25) is 0 Å². The zero-order chi connectivity index (χ0) is 20.1. The summed E-state index contributed by atoms with van der Waals surface area (Å²) in [5, 5.41) is 16.3. The molecule has 0 aliphatic heterocycles. The third-order valence-corrected chi connectivity index (χ3v) is 4.57. The van der Waals surface area contributed by atoms with E-state index >= 15 is 0 Å². The van der Waals surface area contributed by atoms with Crippen LogP contribution < -0.4 is 5.32 Å². The summed E-state index contributed by atoms with van der Waals surface area (Å²) in [6, 6.07) is 10.3. The van der Waals surface area contributed by atoms with Gasteiger partial charge in [0.15, 0.2) is 18.4 Å². The Balaban J connectivity index is 1.57. The number of thiophene rings is 1. The molecule has 0 bridgehead atoms. The van der Waals surface area contributed by atoms with Gasteiger partial charge in [-0.15, -0.1) is 21.5 Å². The van der Waals surface area contributed by atoms with Gasteiger partial charge in [-0.2, -0.15) is 4.80 Å². The van der Waals surface area contributed by atoms with Crippen molar-refractivity contribution >= 4 is 34.7 Å². The summed E-state index contributed by atoms with van der Waals surface area (Å²) in [7, 11) is 0. The summed E-state index contributed by atoms with van der Waals surface area (Å²) in [6.45, 7) is 2.57. The summed E-state index contributed by atoms with van der Waals surface area (Å²) < 4.78 is 5.13. The SMILES string of the molecule is CC(=O)c1ccccc1NC(=O)[C@@H](C)OC(=O)Cn1nnc(-c2cccs2)n1. The van der Waals surface area contributed by atoms with E-state index in [4.69, 9.17) is 4.74 Å². The maximum atomic E-state index is 12.3. The Morgan fingerprint density at radius 3 is 2.71 bits per heavy atom. The van der Waals surface area contributed by atoms with Gasteiger partial charge in [-0.3, -0.25) is 9.59 Å². The number of hydrogen-bond donors (Lipinski definition) is 1. The number of rotatable bonds is 7. The summed E-state index contributed by atoms with van der Waals surface area (Å²) in [4.78, 5) is 37.9. The van der Waals surface area contributed by atoms with E-state index in [1.165, 1.54) is 25.2 Å². The highest BCUT2D eigenvalue weighted by Crippen LogP contribution is 2.19. The van der Waals surface area contributed by atoms with Gasteiger partial charge in [-0.1, -0.05) is 18.2 Å². The van der Waals surface area contributed by atoms with Gasteiger partial charge < -0.3 is 10.1 Å². The maximum absolute atomic E-state index is 12.3. The Hall–Kier alpha value is -3.40. The molecule has 9 nitrogen and oxygen atoms in total. The van der Waals surface area contributed by atoms with Crippen molar-refractivity contribution in [3.63, 3.8) is 0 Å². The number of anilines is 1. The van der Waals surface area contributed by atoms with Crippen molar-refractivity contribution in [3.05, 3.63) is 47.3 Å². The smallest absolute Gasteiger partial charge is 0.330 e. The Morgan fingerprint density at radius 1 is 1.21 bits per heavy atom. The molecule has 1 amide bonds. The average Bonchev–Trinajstić information content (AvgIpc) is 3.33. The summed E-state index contributed by atoms with van der Waals surface area (Å²) in [5.74, 6) is -1.00. The third kappa shape index (κ3) is 4.65. The lowest BCUT2D eigenvalue weighted by Gasteiger charge is -2.14. The molecule has 0 saturated carbocycles. The summed E-state index contributed by atoms with van der Waals surface area (Å²) >= 11 is 1.46. The Labute approximate surface area is 164 Å². The molecule has 0 unspecified atom stereocenters. The van der Waals surface area contributed by atoms with Gasteiger partial charge in [-0.25, -0.2) is 4.79 Å². The molecule has 2 heterocycles. The van der Waals surface area contributed by atoms with Gasteiger partial charge >= 0.3 is 5.97 Å². The number of hydrogen-bond acceptors (Lipinski definition) is 8. The van der Waals surface area contributed by atoms with Crippen LogP contribution in [-0.2, 0) is 20.9 Å². The standard InChI is InChI=1S/C18H17N5O4S/c1-11(24)13-6-3-4-7-14(13)19-18(26)12(2)27-16(25)10-23-21-17(20-22-23)15-8-5-9-28-15/h3-9,12H,10H2,1-2H3,(H,19,26)/t12-/m1/s1. The molecule has 0 saturated heterocycles. The van der Waals surface area contributed by atoms with Crippen LogP contribution in [0.1, 0.15) is 24.2 Å². The fourth-order valence-electron chi connectivity index (χ4n) is 2.35. The second-order valence-corrected chi connectivity index (χ2v) is 6.79. The number of ether oxygens (including phenoxy) is 1. The molecule has 2 aromatic heterocycles. The van der Waals surface area contributed by atoms with E-state index in [9.17, 15) is 14.4 Å². The number of benzene rings is 1. The lowest BCUT2D eigenvalue weighted by Crippen LogP contribution is -2.31. The van der Waals surface area contributed by atoms with Crippen molar-refractivity contribution in [2.24, 2.45) is 0 Å². The molecule has 0 fully saturated rings. The van der Waals surface area contributed by atoms with Crippen molar-refractivity contribution < 1.29 is 19.1 Å². The van der Waals surface area contributed by atoms with Crippen LogP contribution in [-0.4, -0.2) is 44.0 Å². The molecule has 0 aliphatic carbocycles. The van der Waals surface area contributed by atoms with E-state index in [1.807, 2.05) is 17.5 Å². The molecule has 1 N–H and O–H groups in total. The van der Waals surface area contributed by atoms with Gasteiger partial charge in [0.2, 0.25) is 5.82 Å². The highest BCUT2D eigenvalue weighted by atomic mass is 32.1. The number of nitrogens with one attached hydrogen (secondary N) is 1. The Morgan fingerprint density at radius 2 is 2.00 bits per heavy atom. The topological polar surface area (TPSA) is 116 Å². The molecule has 1 aromatic carbocycles. The first-order valence-corrected chi connectivity index (χ1v) is 9.24. The minimum absolute atomic E-state index is 0.181. The van der Waals surface area contributed by atoms with Crippen LogP contribution in [0.25, 0.3) is 10.7 Å². The summed E-state index contributed by atoms with van der Waals surface area (Å²) in [5.41, 5.74) is 0.740. The van der Waals surface area contributed by atoms with Gasteiger partial charge in [0.1, 0.15) is 0 Å². The van der Waals surface area contributed by atoms with Crippen molar-refractivity contribution in [2.75, 3.05) is 5.32 Å². The fraction of sp³-hybridized carbons (Fsp3) is 0.222. The average molecular weight is 399 g/mol. The molecule has 10 heteroatoms. The Kier molecular flexibility index (Phi) is 5.90.